The first-order valence-corrected chi connectivity index (χ1v) is 7.87. The molecule has 1 aromatic carbocycles. The van der Waals surface area contributed by atoms with E-state index in [2.05, 4.69) is 42.0 Å². The molecule has 0 saturated heterocycles. The molecule has 1 amide bonds. The Bertz CT molecular complexity index is 640. The van der Waals surface area contributed by atoms with Gasteiger partial charge in [-0.15, -0.1) is 11.3 Å². The van der Waals surface area contributed by atoms with Gasteiger partial charge in [0, 0.05) is 17.0 Å². The van der Waals surface area contributed by atoms with Crippen LogP contribution in [-0.4, -0.2) is 12.5 Å². The van der Waals surface area contributed by atoms with Crippen molar-refractivity contribution in [2.75, 3.05) is 11.9 Å². The summed E-state index contributed by atoms with van der Waals surface area (Å²) in [6.45, 7) is 4.37. The number of fused-ring (bicyclic) bond motifs is 1. The molecule has 2 unspecified atom stereocenters. The summed E-state index contributed by atoms with van der Waals surface area (Å²) >= 11 is 1.75. The fourth-order valence-corrected chi connectivity index (χ4v) is 3.20. The molecule has 4 nitrogen and oxygen atoms in total. The van der Waals surface area contributed by atoms with Crippen molar-refractivity contribution < 1.29 is 9.53 Å². The highest BCUT2D eigenvalue weighted by molar-refractivity contribution is 7.10. The molecule has 0 bridgehead atoms. The third-order valence-electron chi connectivity index (χ3n) is 3.61. The van der Waals surface area contributed by atoms with Crippen molar-refractivity contribution >= 4 is 22.9 Å². The van der Waals surface area contributed by atoms with Gasteiger partial charge in [0.15, 0.2) is 6.61 Å². The number of thiophene rings is 1. The molecule has 21 heavy (non-hydrogen) atoms. The van der Waals surface area contributed by atoms with E-state index in [1.54, 1.807) is 11.3 Å². The van der Waals surface area contributed by atoms with Gasteiger partial charge in [-0.1, -0.05) is 12.1 Å². The number of carbonyl (C=O) groups is 1. The smallest absolute Gasteiger partial charge is 0.262 e. The largest absolute Gasteiger partial charge is 0.482 e. The van der Waals surface area contributed by atoms with E-state index in [0.717, 1.165) is 17.0 Å². The Kier molecular flexibility index (Phi) is 3.94. The normalized spacial score (nSPS) is 16.6. The molecule has 0 radical (unpaired) electrons. The zero-order valence-electron chi connectivity index (χ0n) is 12.1. The van der Waals surface area contributed by atoms with Crippen LogP contribution in [0.3, 0.4) is 0 Å². The summed E-state index contributed by atoms with van der Waals surface area (Å²) in [4.78, 5) is 12.7. The van der Waals surface area contributed by atoms with Gasteiger partial charge >= 0.3 is 0 Å². The number of hydrogen-bond acceptors (Lipinski definition) is 4. The van der Waals surface area contributed by atoms with Crippen LogP contribution in [0, 0.1) is 0 Å². The van der Waals surface area contributed by atoms with Gasteiger partial charge in [-0.3, -0.25) is 4.79 Å². The Labute approximate surface area is 128 Å². The molecule has 1 aliphatic rings. The molecule has 1 aromatic heterocycles. The first-order valence-electron chi connectivity index (χ1n) is 6.99. The summed E-state index contributed by atoms with van der Waals surface area (Å²) in [5.41, 5.74) is 1.88. The molecule has 0 aliphatic carbocycles. The second-order valence-corrected chi connectivity index (χ2v) is 6.20. The molecular formula is C16H18N2O2S. The maximum absolute atomic E-state index is 11.4. The molecule has 2 heterocycles. The van der Waals surface area contributed by atoms with Crippen LogP contribution < -0.4 is 15.4 Å². The van der Waals surface area contributed by atoms with Gasteiger partial charge in [0.05, 0.1) is 5.69 Å². The molecule has 3 rings (SSSR count). The highest BCUT2D eigenvalue weighted by Gasteiger charge is 2.18. The predicted octanol–water partition coefficient (Wildman–Crippen LogP) is 3.49. The zero-order chi connectivity index (χ0) is 14.8. The van der Waals surface area contributed by atoms with Gasteiger partial charge in [-0.05, 0) is 43.0 Å². The van der Waals surface area contributed by atoms with Crippen LogP contribution in [-0.2, 0) is 4.79 Å². The average Bonchev–Trinajstić information content (AvgIpc) is 3.00. The van der Waals surface area contributed by atoms with E-state index in [1.165, 1.54) is 4.88 Å². The van der Waals surface area contributed by atoms with Crippen molar-refractivity contribution in [1.29, 1.82) is 0 Å². The summed E-state index contributed by atoms with van der Waals surface area (Å²) in [5, 5.41) is 8.51. The van der Waals surface area contributed by atoms with Crippen molar-refractivity contribution in [3.63, 3.8) is 0 Å². The van der Waals surface area contributed by atoms with Gasteiger partial charge in [0.1, 0.15) is 5.75 Å². The van der Waals surface area contributed by atoms with E-state index in [9.17, 15) is 4.79 Å². The number of anilines is 1. The maximum atomic E-state index is 11.4. The van der Waals surface area contributed by atoms with Crippen LogP contribution in [0.15, 0.2) is 35.7 Å². The van der Waals surface area contributed by atoms with E-state index in [0.29, 0.717) is 6.04 Å². The van der Waals surface area contributed by atoms with Crippen LogP contribution in [0.4, 0.5) is 5.69 Å². The number of carbonyl (C=O) groups excluding carboxylic acids is 1. The van der Waals surface area contributed by atoms with Crippen LogP contribution in [0.25, 0.3) is 0 Å². The van der Waals surface area contributed by atoms with Gasteiger partial charge < -0.3 is 15.4 Å². The molecule has 110 valence electrons. The summed E-state index contributed by atoms with van der Waals surface area (Å²) in [6.07, 6.45) is 0. The van der Waals surface area contributed by atoms with Gasteiger partial charge in [0.25, 0.3) is 5.91 Å². The molecule has 5 heteroatoms. The van der Waals surface area contributed by atoms with E-state index in [1.807, 2.05) is 18.2 Å². The Morgan fingerprint density at radius 1 is 1.29 bits per heavy atom. The third-order valence-corrected chi connectivity index (χ3v) is 4.66. The number of benzene rings is 1. The number of ether oxygens (including phenoxy) is 1. The monoisotopic (exact) mass is 302 g/mol. The van der Waals surface area contributed by atoms with E-state index < -0.39 is 0 Å². The van der Waals surface area contributed by atoms with E-state index >= 15 is 0 Å². The fourth-order valence-electron chi connectivity index (χ4n) is 2.46. The SMILES string of the molecule is CC(NC(C)c1cccs1)c1ccc2c(c1)NC(=O)CO2. The van der Waals surface area contributed by atoms with Crippen LogP contribution in [0.2, 0.25) is 0 Å². The molecule has 0 fully saturated rings. The first kappa shape index (κ1) is 14.1. The maximum Gasteiger partial charge on any atom is 0.262 e. The Morgan fingerprint density at radius 3 is 2.90 bits per heavy atom. The summed E-state index contributed by atoms with van der Waals surface area (Å²) in [6, 6.07) is 10.6. The van der Waals surface area contributed by atoms with Crippen LogP contribution in [0.1, 0.15) is 36.4 Å². The lowest BCUT2D eigenvalue weighted by molar-refractivity contribution is -0.118. The lowest BCUT2D eigenvalue weighted by Crippen LogP contribution is -2.26. The highest BCUT2D eigenvalue weighted by Crippen LogP contribution is 2.31. The summed E-state index contributed by atoms with van der Waals surface area (Å²) < 4.78 is 5.38. The fraction of sp³-hybridized carbons (Fsp3) is 0.312. The molecule has 1 aliphatic heterocycles. The molecule has 0 saturated carbocycles. The molecular weight excluding hydrogens is 284 g/mol. The molecule has 2 atom stereocenters. The van der Waals surface area contributed by atoms with Crippen molar-refractivity contribution in [1.82, 2.24) is 5.32 Å². The number of hydrogen-bond donors (Lipinski definition) is 2. The Hall–Kier alpha value is -1.85. The minimum atomic E-state index is -0.104. The van der Waals surface area contributed by atoms with Gasteiger partial charge in [-0.25, -0.2) is 0 Å². The van der Waals surface area contributed by atoms with E-state index in [-0.39, 0.29) is 18.6 Å². The minimum Gasteiger partial charge on any atom is -0.482 e. The van der Waals surface area contributed by atoms with Crippen molar-refractivity contribution in [2.24, 2.45) is 0 Å². The topological polar surface area (TPSA) is 50.4 Å². The molecule has 2 aromatic rings. The van der Waals surface area contributed by atoms with Crippen molar-refractivity contribution in [2.45, 2.75) is 25.9 Å². The number of amides is 1. The summed E-state index contributed by atoms with van der Waals surface area (Å²) in [5.74, 6) is 0.629. The quantitative estimate of drug-likeness (QED) is 0.909. The second kappa shape index (κ2) is 5.87. The minimum absolute atomic E-state index is 0.0928. The Morgan fingerprint density at radius 2 is 2.14 bits per heavy atom. The average molecular weight is 302 g/mol. The summed E-state index contributed by atoms with van der Waals surface area (Å²) in [7, 11) is 0. The van der Waals surface area contributed by atoms with Gasteiger partial charge in [-0.2, -0.15) is 0 Å². The van der Waals surface area contributed by atoms with Crippen LogP contribution >= 0.6 is 11.3 Å². The highest BCUT2D eigenvalue weighted by atomic mass is 32.1. The number of rotatable bonds is 4. The number of nitrogens with one attached hydrogen (secondary N) is 2. The van der Waals surface area contributed by atoms with E-state index in [4.69, 9.17) is 4.74 Å². The molecule has 2 N–H and O–H groups in total. The van der Waals surface area contributed by atoms with Crippen molar-refractivity contribution in [3.8, 4) is 5.75 Å². The zero-order valence-corrected chi connectivity index (χ0v) is 12.9. The lowest BCUT2D eigenvalue weighted by atomic mass is 10.1. The van der Waals surface area contributed by atoms with Crippen molar-refractivity contribution in [3.05, 3.63) is 46.2 Å². The lowest BCUT2D eigenvalue weighted by Gasteiger charge is -2.23. The third kappa shape index (κ3) is 3.09. The first-order chi connectivity index (χ1) is 10.1. The van der Waals surface area contributed by atoms with Crippen LogP contribution in [0.5, 0.6) is 5.75 Å². The van der Waals surface area contributed by atoms with Gasteiger partial charge in [0.2, 0.25) is 0 Å². The second-order valence-electron chi connectivity index (χ2n) is 5.22. The standard InChI is InChI=1S/C16H18N2O2S/c1-10(17-11(2)15-4-3-7-21-15)12-5-6-14-13(8-12)18-16(19)9-20-14/h3-8,10-11,17H,9H2,1-2H3,(H,18,19). The predicted molar refractivity (Wildman–Crippen MR) is 84.9 cm³/mol. The Balaban J connectivity index is 1.74. The molecule has 0 spiro atoms.